The molecule has 0 aromatic heterocycles. The molecule has 0 heterocycles. The predicted molar refractivity (Wildman–Crippen MR) is 140 cm³/mol. The lowest BCUT2D eigenvalue weighted by Gasteiger charge is -2.12. The fraction of sp³-hybridized carbons (Fsp3) is 0.188. The standard InChI is InChI=1S/C32H32/c1-3-7-26-16-20-31(21-17-26)32-22-18-28(19-23-32)11-10-27-12-14-29(15-13-27)24-25(2)30-8-5-4-6-9-30/h4-6,8-23,25H,3,7,24H2,1-2H3/b11-10+. The summed E-state index contributed by atoms with van der Waals surface area (Å²) in [5, 5.41) is 0. The molecule has 0 N–H and O–H groups in total. The number of hydrogen-bond acceptors (Lipinski definition) is 0. The van der Waals surface area contributed by atoms with Gasteiger partial charge >= 0.3 is 0 Å². The van der Waals surface area contributed by atoms with Crippen molar-refractivity contribution in [2.75, 3.05) is 0 Å². The normalized spacial score (nSPS) is 12.2. The molecule has 32 heavy (non-hydrogen) atoms. The van der Waals surface area contributed by atoms with E-state index in [2.05, 4.69) is 129 Å². The van der Waals surface area contributed by atoms with Crippen LogP contribution in [0.25, 0.3) is 23.3 Å². The molecule has 1 unspecified atom stereocenters. The maximum Gasteiger partial charge on any atom is -0.0150 e. The lowest BCUT2D eigenvalue weighted by molar-refractivity contribution is 0.759. The van der Waals surface area contributed by atoms with Crippen molar-refractivity contribution >= 4 is 12.2 Å². The van der Waals surface area contributed by atoms with Gasteiger partial charge in [-0.25, -0.2) is 0 Å². The van der Waals surface area contributed by atoms with Crippen molar-refractivity contribution < 1.29 is 0 Å². The van der Waals surface area contributed by atoms with Crippen molar-refractivity contribution in [3.63, 3.8) is 0 Å². The molecule has 1 atom stereocenters. The van der Waals surface area contributed by atoms with Gasteiger partial charge < -0.3 is 0 Å². The van der Waals surface area contributed by atoms with Crippen molar-refractivity contribution in [3.05, 3.63) is 131 Å². The maximum atomic E-state index is 2.30. The summed E-state index contributed by atoms with van der Waals surface area (Å²) in [7, 11) is 0. The predicted octanol–water partition coefficient (Wildman–Crippen LogP) is 8.82. The van der Waals surface area contributed by atoms with Gasteiger partial charge in [0.15, 0.2) is 0 Å². The highest BCUT2D eigenvalue weighted by Crippen LogP contribution is 2.23. The Bertz CT molecular complexity index is 1120. The Balaban J connectivity index is 1.36. The Morgan fingerprint density at radius 1 is 0.594 bits per heavy atom. The molecule has 0 amide bonds. The summed E-state index contributed by atoms with van der Waals surface area (Å²) in [6.45, 7) is 4.52. The zero-order valence-electron chi connectivity index (χ0n) is 19.2. The molecule has 0 radical (unpaired) electrons. The summed E-state index contributed by atoms with van der Waals surface area (Å²) < 4.78 is 0. The SMILES string of the molecule is CCCc1ccc(-c2ccc(/C=C/c3ccc(CC(C)c4ccccc4)cc3)cc2)cc1. The zero-order valence-corrected chi connectivity index (χ0v) is 19.2. The van der Waals surface area contributed by atoms with Crippen molar-refractivity contribution in [2.24, 2.45) is 0 Å². The molecule has 0 saturated heterocycles. The third kappa shape index (κ3) is 5.86. The summed E-state index contributed by atoms with van der Waals surface area (Å²) in [4.78, 5) is 0. The van der Waals surface area contributed by atoms with E-state index in [1.165, 1.54) is 45.4 Å². The molecule has 4 rings (SSSR count). The molecular weight excluding hydrogens is 384 g/mol. The summed E-state index contributed by atoms with van der Waals surface area (Å²) in [6, 6.07) is 37.5. The molecule has 0 nitrogen and oxygen atoms in total. The third-order valence-corrected chi connectivity index (χ3v) is 6.10. The van der Waals surface area contributed by atoms with Gasteiger partial charge in [0.05, 0.1) is 0 Å². The van der Waals surface area contributed by atoms with Crippen LogP contribution in [0.4, 0.5) is 0 Å². The van der Waals surface area contributed by atoms with E-state index in [-0.39, 0.29) is 0 Å². The van der Waals surface area contributed by atoms with Crippen LogP contribution in [0.5, 0.6) is 0 Å². The summed E-state index contributed by atoms with van der Waals surface area (Å²) >= 11 is 0. The van der Waals surface area contributed by atoms with Gasteiger partial charge in [-0.3, -0.25) is 0 Å². The van der Waals surface area contributed by atoms with E-state index >= 15 is 0 Å². The molecule has 0 aliphatic carbocycles. The molecule has 4 aromatic rings. The number of aryl methyl sites for hydroxylation is 1. The average Bonchev–Trinajstić information content (AvgIpc) is 2.85. The Morgan fingerprint density at radius 2 is 1.09 bits per heavy atom. The van der Waals surface area contributed by atoms with Crippen LogP contribution in [0, 0.1) is 0 Å². The van der Waals surface area contributed by atoms with Gasteiger partial charge in [-0.2, -0.15) is 0 Å². The minimum absolute atomic E-state index is 0.527. The highest BCUT2D eigenvalue weighted by atomic mass is 14.1. The summed E-state index contributed by atoms with van der Waals surface area (Å²) in [5.41, 5.74) is 9.19. The molecular formula is C32H32. The van der Waals surface area contributed by atoms with Crippen LogP contribution in [0.1, 0.15) is 54.0 Å². The fourth-order valence-corrected chi connectivity index (χ4v) is 4.15. The van der Waals surface area contributed by atoms with E-state index in [0.717, 1.165) is 12.8 Å². The molecule has 160 valence electrons. The lowest BCUT2D eigenvalue weighted by atomic mass is 9.93. The van der Waals surface area contributed by atoms with Crippen LogP contribution in [-0.4, -0.2) is 0 Å². The lowest BCUT2D eigenvalue weighted by Crippen LogP contribution is -1.98. The smallest absolute Gasteiger partial charge is 0.0150 e. The maximum absolute atomic E-state index is 2.30. The van der Waals surface area contributed by atoms with Crippen LogP contribution in [-0.2, 0) is 12.8 Å². The first-order chi connectivity index (χ1) is 15.7. The third-order valence-electron chi connectivity index (χ3n) is 6.10. The van der Waals surface area contributed by atoms with Gasteiger partial charge in [0.2, 0.25) is 0 Å². The van der Waals surface area contributed by atoms with Crippen molar-refractivity contribution in [3.8, 4) is 11.1 Å². The van der Waals surface area contributed by atoms with E-state index in [1.54, 1.807) is 0 Å². The molecule has 0 aliphatic rings. The van der Waals surface area contributed by atoms with Gasteiger partial charge in [0, 0.05) is 0 Å². The van der Waals surface area contributed by atoms with Crippen LogP contribution >= 0.6 is 0 Å². The van der Waals surface area contributed by atoms with Gasteiger partial charge in [-0.1, -0.05) is 136 Å². The molecule has 4 aromatic carbocycles. The molecule has 0 saturated carbocycles. The monoisotopic (exact) mass is 416 g/mol. The zero-order chi connectivity index (χ0) is 22.2. The quantitative estimate of drug-likeness (QED) is 0.252. The molecule has 0 fully saturated rings. The second-order valence-corrected chi connectivity index (χ2v) is 8.66. The van der Waals surface area contributed by atoms with E-state index in [1.807, 2.05) is 0 Å². The second-order valence-electron chi connectivity index (χ2n) is 8.66. The van der Waals surface area contributed by atoms with Crippen molar-refractivity contribution in [1.82, 2.24) is 0 Å². The largest absolute Gasteiger partial charge is 0.0651 e. The topological polar surface area (TPSA) is 0 Å². The number of benzene rings is 4. The molecule has 0 bridgehead atoms. The minimum Gasteiger partial charge on any atom is -0.0651 e. The average molecular weight is 417 g/mol. The Labute approximate surface area is 193 Å². The Kier molecular flexibility index (Phi) is 7.35. The highest BCUT2D eigenvalue weighted by molar-refractivity contribution is 5.72. The van der Waals surface area contributed by atoms with Crippen LogP contribution in [0.15, 0.2) is 103 Å². The first-order valence-corrected chi connectivity index (χ1v) is 11.7. The molecule has 0 spiro atoms. The van der Waals surface area contributed by atoms with Crippen LogP contribution in [0.3, 0.4) is 0 Å². The van der Waals surface area contributed by atoms with Crippen molar-refractivity contribution in [2.45, 2.75) is 39.0 Å². The first kappa shape index (κ1) is 21.8. The fourth-order valence-electron chi connectivity index (χ4n) is 4.15. The van der Waals surface area contributed by atoms with E-state index < -0.39 is 0 Å². The number of rotatable bonds is 8. The second kappa shape index (κ2) is 10.8. The van der Waals surface area contributed by atoms with Crippen LogP contribution < -0.4 is 0 Å². The highest BCUT2D eigenvalue weighted by Gasteiger charge is 2.06. The van der Waals surface area contributed by atoms with Gasteiger partial charge in [-0.15, -0.1) is 0 Å². The van der Waals surface area contributed by atoms with Gasteiger partial charge in [0.25, 0.3) is 0 Å². The van der Waals surface area contributed by atoms with E-state index in [0.29, 0.717) is 5.92 Å². The molecule has 0 heteroatoms. The van der Waals surface area contributed by atoms with Crippen LogP contribution in [0.2, 0.25) is 0 Å². The summed E-state index contributed by atoms with van der Waals surface area (Å²) in [6.07, 6.45) is 7.79. The van der Waals surface area contributed by atoms with E-state index in [4.69, 9.17) is 0 Å². The first-order valence-electron chi connectivity index (χ1n) is 11.7. The Morgan fingerprint density at radius 3 is 1.66 bits per heavy atom. The van der Waals surface area contributed by atoms with Gasteiger partial charge in [0.1, 0.15) is 0 Å². The number of hydrogen-bond donors (Lipinski definition) is 0. The van der Waals surface area contributed by atoms with Crippen molar-refractivity contribution in [1.29, 1.82) is 0 Å². The molecule has 0 aliphatic heterocycles. The Hall–Kier alpha value is -3.38. The summed E-state index contributed by atoms with van der Waals surface area (Å²) in [5.74, 6) is 0.527. The van der Waals surface area contributed by atoms with E-state index in [9.17, 15) is 0 Å². The van der Waals surface area contributed by atoms with Gasteiger partial charge in [-0.05, 0) is 57.7 Å². The minimum atomic E-state index is 0.527.